The van der Waals surface area contributed by atoms with Crippen LogP contribution in [0.1, 0.15) is 5.56 Å². The van der Waals surface area contributed by atoms with Crippen LogP contribution in [-0.2, 0) is 21.2 Å². The summed E-state index contributed by atoms with van der Waals surface area (Å²) in [7, 11) is -4.05. The molecule has 0 spiro atoms. The van der Waals surface area contributed by atoms with Crippen molar-refractivity contribution in [1.82, 2.24) is 4.72 Å². The van der Waals surface area contributed by atoms with Gasteiger partial charge in [-0.1, -0.05) is 29.8 Å². The lowest BCUT2D eigenvalue weighted by Gasteiger charge is -2.09. The normalized spacial score (nSPS) is 10.9. The third-order valence-electron chi connectivity index (χ3n) is 2.90. The summed E-state index contributed by atoms with van der Waals surface area (Å²) >= 11 is 5.73. The van der Waals surface area contributed by atoms with Crippen LogP contribution in [0.5, 0.6) is 0 Å². The number of hydrogen-bond acceptors (Lipinski definition) is 4. The van der Waals surface area contributed by atoms with Gasteiger partial charge in [0.1, 0.15) is 0 Å². The van der Waals surface area contributed by atoms with Gasteiger partial charge in [-0.15, -0.1) is 0 Å². The Kier molecular flexibility index (Phi) is 5.42. The molecule has 0 atom stereocenters. The van der Waals surface area contributed by atoms with Gasteiger partial charge in [-0.3, -0.25) is 4.79 Å². The Morgan fingerprint density at radius 2 is 1.75 bits per heavy atom. The summed E-state index contributed by atoms with van der Waals surface area (Å²) in [5.41, 5.74) is 0.878. The number of urea groups is 1. The first-order valence-corrected chi connectivity index (χ1v) is 8.52. The Morgan fingerprint density at radius 1 is 1.08 bits per heavy atom. The van der Waals surface area contributed by atoms with E-state index in [1.165, 1.54) is 48.5 Å². The van der Waals surface area contributed by atoms with E-state index in [0.717, 1.165) is 0 Å². The highest BCUT2D eigenvalue weighted by Crippen LogP contribution is 2.15. The van der Waals surface area contributed by atoms with Crippen LogP contribution in [0.15, 0.2) is 53.4 Å². The van der Waals surface area contributed by atoms with Gasteiger partial charge in [0.05, 0.1) is 11.3 Å². The van der Waals surface area contributed by atoms with E-state index in [-0.39, 0.29) is 16.3 Å². The number of carboxylic acids is 1. The zero-order chi connectivity index (χ0) is 17.7. The van der Waals surface area contributed by atoms with Crippen LogP contribution >= 0.6 is 11.6 Å². The lowest BCUT2D eigenvalue weighted by molar-refractivity contribution is -0.136. The number of anilines is 1. The molecule has 126 valence electrons. The first-order chi connectivity index (χ1) is 11.3. The first kappa shape index (κ1) is 17.8. The smallest absolute Gasteiger partial charge is 0.333 e. The molecule has 0 saturated heterocycles. The molecule has 3 N–H and O–H groups in total. The number of nitrogens with one attached hydrogen (secondary N) is 2. The van der Waals surface area contributed by atoms with Crippen molar-refractivity contribution in [3.63, 3.8) is 0 Å². The molecular weight excluding hydrogens is 356 g/mol. The molecule has 9 heteroatoms. The number of carbonyl (C=O) groups excluding carboxylic acids is 1. The van der Waals surface area contributed by atoms with Gasteiger partial charge in [0.2, 0.25) is 0 Å². The van der Waals surface area contributed by atoms with Crippen molar-refractivity contribution in [2.24, 2.45) is 0 Å². The Morgan fingerprint density at radius 3 is 2.33 bits per heavy atom. The SMILES string of the molecule is O=C(O)Cc1ccc(NC(=O)NS(=O)(=O)c2cccc(Cl)c2)cc1. The Bertz CT molecular complexity index is 866. The number of halogens is 1. The number of hydrogen-bond donors (Lipinski definition) is 3. The highest BCUT2D eigenvalue weighted by atomic mass is 35.5. The van der Waals surface area contributed by atoms with Crippen LogP contribution in [0.25, 0.3) is 0 Å². The Labute approximate surface area is 143 Å². The van der Waals surface area contributed by atoms with Gasteiger partial charge in [0, 0.05) is 10.7 Å². The molecule has 0 radical (unpaired) electrons. The largest absolute Gasteiger partial charge is 0.481 e. The van der Waals surface area contributed by atoms with Gasteiger partial charge >= 0.3 is 12.0 Å². The molecule has 2 amide bonds. The molecule has 0 saturated carbocycles. The van der Waals surface area contributed by atoms with Crippen molar-refractivity contribution in [2.75, 3.05) is 5.32 Å². The number of sulfonamides is 1. The van der Waals surface area contributed by atoms with Crippen molar-refractivity contribution < 1.29 is 23.1 Å². The maximum atomic E-state index is 12.1. The lowest BCUT2D eigenvalue weighted by Crippen LogP contribution is -2.34. The van der Waals surface area contributed by atoms with Crippen molar-refractivity contribution in [1.29, 1.82) is 0 Å². The minimum atomic E-state index is -4.05. The van der Waals surface area contributed by atoms with Crippen molar-refractivity contribution >= 4 is 39.3 Å². The van der Waals surface area contributed by atoms with Gasteiger partial charge in [-0.2, -0.15) is 0 Å². The number of rotatable bonds is 5. The van der Waals surface area contributed by atoms with Gasteiger partial charge < -0.3 is 10.4 Å². The average molecular weight is 369 g/mol. The summed E-state index contributed by atoms with van der Waals surface area (Å²) in [6.45, 7) is 0. The molecule has 2 rings (SSSR count). The van der Waals surface area contributed by atoms with Crippen LogP contribution in [0.2, 0.25) is 5.02 Å². The molecule has 24 heavy (non-hydrogen) atoms. The number of carbonyl (C=O) groups is 2. The van der Waals surface area contributed by atoms with Crippen molar-refractivity contribution in [3.8, 4) is 0 Å². The summed E-state index contributed by atoms with van der Waals surface area (Å²) in [5, 5.41) is 11.3. The van der Waals surface area contributed by atoms with E-state index < -0.39 is 22.0 Å². The van der Waals surface area contributed by atoms with E-state index in [1.807, 2.05) is 4.72 Å². The predicted molar refractivity (Wildman–Crippen MR) is 88.6 cm³/mol. The number of benzene rings is 2. The zero-order valence-electron chi connectivity index (χ0n) is 12.2. The molecule has 2 aromatic carbocycles. The van der Waals surface area contributed by atoms with Crippen molar-refractivity contribution in [3.05, 3.63) is 59.1 Å². The van der Waals surface area contributed by atoms with E-state index in [2.05, 4.69) is 5.32 Å². The van der Waals surface area contributed by atoms with Gasteiger partial charge in [-0.25, -0.2) is 17.9 Å². The van der Waals surface area contributed by atoms with Gasteiger partial charge in [0.15, 0.2) is 0 Å². The quantitative estimate of drug-likeness (QED) is 0.750. The van der Waals surface area contributed by atoms with Crippen LogP contribution in [0.4, 0.5) is 10.5 Å². The molecule has 2 aromatic rings. The van der Waals surface area contributed by atoms with E-state index in [9.17, 15) is 18.0 Å². The second kappa shape index (κ2) is 7.33. The van der Waals surface area contributed by atoms with E-state index in [0.29, 0.717) is 11.3 Å². The number of aliphatic carboxylic acids is 1. The Hall–Kier alpha value is -2.58. The number of carboxylic acid groups (broad SMARTS) is 1. The summed E-state index contributed by atoms with van der Waals surface area (Å²) in [5.74, 6) is -0.971. The minimum absolute atomic E-state index is 0.137. The molecule has 0 aromatic heterocycles. The third kappa shape index (κ3) is 4.97. The lowest BCUT2D eigenvalue weighted by atomic mass is 10.1. The van der Waals surface area contributed by atoms with E-state index >= 15 is 0 Å². The summed E-state index contributed by atoms with van der Waals surface area (Å²) < 4.78 is 26.0. The highest BCUT2D eigenvalue weighted by Gasteiger charge is 2.17. The molecule has 0 aliphatic carbocycles. The summed E-state index contributed by atoms with van der Waals surface area (Å²) in [6.07, 6.45) is -0.143. The molecule has 0 unspecified atom stereocenters. The summed E-state index contributed by atoms with van der Waals surface area (Å²) in [6, 6.07) is 10.5. The molecule has 0 aliphatic rings. The van der Waals surface area contributed by atoms with Gasteiger partial charge in [-0.05, 0) is 35.9 Å². The monoisotopic (exact) mass is 368 g/mol. The predicted octanol–water partition coefficient (Wildman–Crippen LogP) is 2.48. The minimum Gasteiger partial charge on any atom is -0.481 e. The van der Waals surface area contributed by atoms with Gasteiger partial charge in [0.25, 0.3) is 10.0 Å². The fraction of sp³-hybridized carbons (Fsp3) is 0.0667. The van der Waals surface area contributed by atoms with Crippen LogP contribution < -0.4 is 10.0 Å². The van der Waals surface area contributed by atoms with Crippen LogP contribution in [0, 0.1) is 0 Å². The zero-order valence-corrected chi connectivity index (χ0v) is 13.8. The average Bonchev–Trinajstić information content (AvgIpc) is 2.48. The molecule has 7 nitrogen and oxygen atoms in total. The van der Waals surface area contributed by atoms with E-state index in [1.54, 1.807) is 0 Å². The van der Waals surface area contributed by atoms with Crippen LogP contribution in [-0.4, -0.2) is 25.5 Å². The first-order valence-electron chi connectivity index (χ1n) is 6.66. The van der Waals surface area contributed by atoms with Crippen molar-refractivity contribution in [2.45, 2.75) is 11.3 Å². The molecule has 0 aliphatic heterocycles. The Balaban J connectivity index is 2.03. The van der Waals surface area contributed by atoms with E-state index in [4.69, 9.17) is 16.7 Å². The molecule has 0 fully saturated rings. The highest BCUT2D eigenvalue weighted by molar-refractivity contribution is 7.90. The molecule has 0 bridgehead atoms. The van der Waals surface area contributed by atoms with Crippen LogP contribution in [0.3, 0.4) is 0 Å². The second-order valence-corrected chi connectivity index (χ2v) is 6.90. The standard InChI is InChI=1S/C15H13ClN2O5S/c16-11-2-1-3-13(9-11)24(22,23)18-15(21)17-12-6-4-10(5-7-12)8-14(19)20/h1-7,9H,8H2,(H,19,20)(H2,17,18,21). The fourth-order valence-corrected chi connectivity index (χ4v) is 3.06. The fourth-order valence-electron chi connectivity index (χ4n) is 1.85. The second-order valence-electron chi connectivity index (χ2n) is 4.78. The molecule has 0 heterocycles. The maximum Gasteiger partial charge on any atom is 0.333 e. The molecular formula is C15H13ClN2O5S. The maximum absolute atomic E-state index is 12.1. The summed E-state index contributed by atoms with van der Waals surface area (Å²) in [4.78, 5) is 22.3. The number of amides is 2. The topological polar surface area (TPSA) is 113 Å². The third-order valence-corrected chi connectivity index (χ3v) is 4.46.